The minimum Gasteiger partial charge on any atom is -0.360 e. The van der Waals surface area contributed by atoms with E-state index in [4.69, 9.17) is 4.52 Å². The molecule has 0 radical (unpaired) electrons. The number of nitrogens with one attached hydrogen (secondary N) is 1. The maximum atomic E-state index is 12.4. The van der Waals surface area contributed by atoms with Crippen molar-refractivity contribution in [3.8, 4) is 0 Å². The van der Waals surface area contributed by atoms with Crippen molar-refractivity contribution in [2.75, 3.05) is 11.9 Å². The van der Waals surface area contributed by atoms with Crippen LogP contribution in [0.2, 0.25) is 0 Å². The van der Waals surface area contributed by atoms with Crippen molar-refractivity contribution in [3.63, 3.8) is 0 Å². The summed E-state index contributed by atoms with van der Waals surface area (Å²) in [6.07, 6.45) is 5.38. The minimum atomic E-state index is -0.229. The molecule has 2 atom stereocenters. The molecule has 8 heteroatoms. The van der Waals surface area contributed by atoms with E-state index in [0.29, 0.717) is 17.6 Å². The zero-order valence-corrected chi connectivity index (χ0v) is 12.8. The molecule has 3 heterocycles. The number of aryl methyl sites for hydroxylation is 1. The van der Waals surface area contributed by atoms with Crippen molar-refractivity contribution in [2.45, 2.75) is 45.3 Å². The lowest BCUT2D eigenvalue weighted by Gasteiger charge is -2.29. The van der Waals surface area contributed by atoms with Gasteiger partial charge in [0.25, 0.3) is 0 Å². The van der Waals surface area contributed by atoms with Crippen molar-refractivity contribution in [1.29, 1.82) is 0 Å². The predicted octanol–water partition coefficient (Wildman–Crippen LogP) is 1.07. The third-order valence-electron chi connectivity index (χ3n) is 4.04. The van der Waals surface area contributed by atoms with E-state index >= 15 is 0 Å². The van der Waals surface area contributed by atoms with Crippen molar-refractivity contribution in [3.05, 3.63) is 24.5 Å². The Labute approximate surface area is 128 Å². The number of hydrogen-bond donors (Lipinski definition) is 1. The van der Waals surface area contributed by atoms with Crippen LogP contribution in [0.5, 0.6) is 0 Å². The second-order valence-corrected chi connectivity index (χ2v) is 5.64. The Balaban J connectivity index is 1.62. The molecule has 2 aromatic rings. The molecule has 3 rings (SSSR count). The van der Waals surface area contributed by atoms with Crippen LogP contribution in [0.3, 0.4) is 0 Å². The number of carbonyl (C=O) groups is 1. The standard InChI is InChI=1S/C14H20N6O2/c1-10-6-13(18-22-10)17-14(21)11(2)20-5-3-4-12(20)7-19-9-15-8-16-19/h6,8-9,11-12H,3-5,7H2,1-2H3,(H,17,18,21)/t11-,12+/m1/s1. The number of anilines is 1. The summed E-state index contributed by atoms with van der Waals surface area (Å²) in [5, 5.41) is 10.7. The molecule has 118 valence electrons. The first-order chi connectivity index (χ1) is 10.6. The summed E-state index contributed by atoms with van der Waals surface area (Å²) in [5.41, 5.74) is 0. The number of hydrogen-bond acceptors (Lipinski definition) is 6. The van der Waals surface area contributed by atoms with Gasteiger partial charge in [0.1, 0.15) is 18.4 Å². The van der Waals surface area contributed by atoms with Gasteiger partial charge in [0.2, 0.25) is 5.91 Å². The van der Waals surface area contributed by atoms with Crippen molar-refractivity contribution < 1.29 is 9.32 Å². The lowest BCUT2D eigenvalue weighted by atomic mass is 10.2. The third kappa shape index (κ3) is 3.16. The Morgan fingerprint density at radius 2 is 2.45 bits per heavy atom. The number of likely N-dealkylation sites (tertiary alicyclic amines) is 1. The molecule has 2 aromatic heterocycles. The second-order valence-electron chi connectivity index (χ2n) is 5.64. The average Bonchev–Trinajstić information content (AvgIpc) is 3.21. The monoisotopic (exact) mass is 304 g/mol. The number of rotatable bonds is 5. The SMILES string of the molecule is Cc1cc(NC(=O)[C@@H](C)N2CCC[C@H]2Cn2cncn2)no1. The fourth-order valence-corrected chi connectivity index (χ4v) is 2.91. The highest BCUT2D eigenvalue weighted by atomic mass is 16.5. The number of amides is 1. The van der Waals surface area contributed by atoms with E-state index in [9.17, 15) is 4.79 Å². The Kier molecular flexibility index (Phi) is 4.19. The van der Waals surface area contributed by atoms with Gasteiger partial charge in [-0.1, -0.05) is 5.16 Å². The fraction of sp³-hybridized carbons (Fsp3) is 0.571. The van der Waals surface area contributed by atoms with Gasteiger partial charge in [0.15, 0.2) is 5.82 Å². The topological polar surface area (TPSA) is 89.1 Å². The summed E-state index contributed by atoms with van der Waals surface area (Å²) in [4.78, 5) is 18.6. The summed E-state index contributed by atoms with van der Waals surface area (Å²) in [6, 6.07) is 1.77. The molecule has 8 nitrogen and oxygen atoms in total. The molecule has 1 fully saturated rings. The van der Waals surface area contributed by atoms with Gasteiger partial charge in [-0.05, 0) is 33.2 Å². The molecule has 0 saturated carbocycles. The minimum absolute atomic E-state index is 0.0706. The van der Waals surface area contributed by atoms with Crippen LogP contribution in [0.4, 0.5) is 5.82 Å². The first-order valence-electron chi connectivity index (χ1n) is 7.46. The number of carbonyl (C=O) groups excluding carboxylic acids is 1. The first kappa shape index (κ1) is 14.7. The van der Waals surface area contributed by atoms with E-state index in [1.165, 1.54) is 6.33 Å². The summed E-state index contributed by atoms with van der Waals surface area (Å²) in [7, 11) is 0. The summed E-state index contributed by atoms with van der Waals surface area (Å²) in [5.74, 6) is 1.06. The van der Waals surface area contributed by atoms with Gasteiger partial charge in [0.05, 0.1) is 12.6 Å². The molecule has 1 amide bonds. The van der Waals surface area contributed by atoms with E-state index < -0.39 is 0 Å². The molecule has 1 aliphatic rings. The average molecular weight is 304 g/mol. The third-order valence-corrected chi connectivity index (χ3v) is 4.04. The molecule has 22 heavy (non-hydrogen) atoms. The van der Waals surface area contributed by atoms with E-state index in [1.807, 2.05) is 11.6 Å². The predicted molar refractivity (Wildman–Crippen MR) is 79.1 cm³/mol. The van der Waals surface area contributed by atoms with Gasteiger partial charge < -0.3 is 9.84 Å². The first-order valence-corrected chi connectivity index (χ1v) is 7.46. The Hall–Kier alpha value is -2.22. The van der Waals surface area contributed by atoms with E-state index in [0.717, 1.165) is 25.9 Å². The summed E-state index contributed by atoms with van der Waals surface area (Å²) < 4.78 is 6.78. The zero-order chi connectivity index (χ0) is 15.5. The molecule has 0 aliphatic carbocycles. The molecule has 0 aromatic carbocycles. The van der Waals surface area contributed by atoms with Gasteiger partial charge in [-0.25, -0.2) is 4.98 Å². The maximum Gasteiger partial charge on any atom is 0.242 e. The van der Waals surface area contributed by atoms with Gasteiger partial charge >= 0.3 is 0 Å². The highest BCUT2D eigenvalue weighted by molar-refractivity contribution is 5.93. The molecular weight excluding hydrogens is 284 g/mol. The Bertz CT molecular complexity index is 623. The lowest BCUT2D eigenvalue weighted by Crippen LogP contribution is -2.46. The van der Waals surface area contributed by atoms with Crippen LogP contribution in [-0.2, 0) is 11.3 Å². The number of nitrogens with zero attached hydrogens (tertiary/aromatic N) is 5. The Morgan fingerprint density at radius 1 is 1.59 bits per heavy atom. The molecule has 0 spiro atoms. The second kappa shape index (κ2) is 6.27. The zero-order valence-electron chi connectivity index (χ0n) is 12.8. The molecule has 1 aliphatic heterocycles. The molecule has 0 unspecified atom stereocenters. The van der Waals surface area contributed by atoms with E-state index in [1.54, 1.807) is 19.3 Å². The van der Waals surface area contributed by atoms with Crippen LogP contribution >= 0.6 is 0 Å². The summed E-state index contributed by atoms with van der Waals surface area (Å²) >= 11 is 0. The molecular formula is C14H20N6O2. The van der Waals surface area contributed by atoms with Crippen LogP contribution in [0, 0.1) is 6.92 Å². The summed E-state index contributed by atoms with van der Waals surface area (Å²) in [6.45, 7) is 5.37. The fourth-order valence-electron chi connectivity index (χ4n) is 2.91. The lowest BCUT2D eigenvalue weighted by molar-refractivity contribution is -0.121. The van der Waals surface area contributed by atoms with Crippen LogP contribution in [0.15, 0.2) is 23.2 Å². The molecule has 1 N–H and O–H groups in total. The van der Waals surface area contributed by atoms with Gasteiger partial charge in [0, 0.05) is 12.1 Å². The van der Waals surface area contributed by atoms with Crippen LogP contribution < -0.4 is 5.32 Å². The largest absolute Gasteiger partial charge is 0.360 e. The van der Waals surface area contributed by atoms with Crippen molar-refractivity contribution >= 4 is 11.7 Å². The normalized spacial score (nSPS) is 20.2. The van der Waals surface area contributed by atoms with E-state index in [2.05, 4.69) is 25.5 Å². The smallest absolute Gasteiger partial charge is 0.242 e. The van der Waals surface area contributed by atoms with Gasteiger partial charge in [-0.15, -0.1) is 0 Å². The van der Waals surface area contributed by atoms with Crippen molar-refractivity contribution in [2.24, 2.45) is 0 Å². The van der Waals surface area contributed by atoms with Crippen LogP contribution in [0.25, 0.3) is 0 Å². The molecule has 0 bridgehead atoms. The van der Waals surface area contributed by atoms with Crippen molar-refractivity contribution in [1.82, 2.24) is 24.8 Å². The van der Waals surface area contributed by atoms with Crippen LogP contribution in [0.1, 0.15) is 25.5 Å². The van der Waals surface area contributed by atoms with E-state index in [-0.39, 0.29) is 11.9 Å². The molecule has 1 saturated heterocycles. The van der Waals surface area contributed by atoms with Gasteiger partial charge in [-0.2, -0.15) is 5.10 Å². The van der Waals surface area contributed by atoms with Gasteiger partial charge in [-0.3, -0.25) is 14.4 Å². The highest BCUT2D eigenvalue weighted by Crippen LogP contribution is 2.22. The quantitative estimate of drug-likeness (QED) is 0.888. The Morgan fingerprint density at radius 3 is 3.14 bits per heavy atom. The maximum absolute atomic E-state index is 12.4. The highest BCUT2D eigenvalue weighted by Gasteiger charge is 2.32. The number of aromatic nitrogens is 4. The van der Waals surface area contributed by atoms with Crippen LogP contribution in [-0.4, -0.2) is 49.4 Å².